The highest BCUT2D eigenvalue weighted by Gasteiger charge is 2.31. The summed E-state index contributed by atoms with van der Waals surface area (Å²) in [5.41, 5.74) is -0.231. The summed E-state index contributed by atoms with van der Waals surface area (Å²) in [7, 11) is 3.13. The molecule has 0 spiro atoms. The lowest BCUT2D eigenvalue weighted by Crippen LogP contribution is -2.29. The normalized spacial score (nSPS) is 12.5. The van der Waals surface area contributed by atoms with Crippen LogP contribution in [0.1, 0.15) is 51.8 Å². The van der Waals surface area contributed by atoms with Gasteiger partial charge in [0, 0.05) is 32.1 Å². The van der Waals surface area contributed by atoms with Gasteiger partial charge in [-0.25, -0.2) is 13.8 Å². The van der Waals surface area contributed by atoms with E-state index >= 15 is 0 Å². The third-order valence-corrected chi connectivity index (χ3v) is 6.12. The molecule has 0 bridgehead atoms. The molecule has 2 aromatic carbocycles. The number of anilines is 1. The predicted molar refractivity (Wildman–Crippen MR) is 130 cm³/mol. The molecule has 37 heavy (non-hydrogen) atoms. The number of carbonyl (C=O) groups is 1. The lowest BCUT2D eigenvalue weighted by molar-refractivity contribution is 0.101. The van der Waals surface area contributed by atoms with Crippen LogP contribution in [-0.4, -0.2) is 30.3 Å². The Labute approximate surface area is 210 Å². The molecule has 0 fully saturated rings. The molecule has 0 aliphatic heterocycles. The predicted octanol–water partition coefficient (Wildman–Crippen LogP) is 3.56. The monoisotopic (exact) mass is 504 g/mol. The van der Waals surface area contributed by atoms with E-state index < -0.39 is 52.1 Å². The van der Waals surface area contributed by atoms with Crippen LogP contribution in [0.2, 0.25) is 0 Å². The van der Waals surface area contributed by atoms with Gasteiger partial charge >= 0.3 is 0 Å². The zero-order valence-corrected chi connectivity index (χ0v) is 20.1. The highest BCUT2D eigenvalue weighted by atomic mass is 19.2. The largest absolute Gasteiger partial charge is 0.501 e. The molecular weight excluding hydrogens is 482 g/mol. The minimum atomic E-state index is -1.29. The number of benzene rings is 2. The molecule has 2 atom stereocenters. The molecule has 1 amide bonds. The van der Waals surface area contributed by atoms with Gasteiger partial charge in [0.25, 0.3) is 11.5 Å². The number of aryl methyl sites for hydroxylation is 1. The second-order valence-corrected chi connectivity index (χ2v) is 8.50. The standard InChI is InChI=1S/C26H22F2N6O3/c1-14(20(16-12-30-33(2)13-16)17-8-5-4-7-15(17)11-29)24-32-22(23(35)26(37)34(24)3)25(36)31-19-10-6-9-18(27)21(19)28/h4-10,12-14,20,35H,1-3H3,(H,31,36). The van der Waals surface area contributed by atoms with Crippen LogP contribution in [-0.2, 0) is 14.1 Å². The second kappa shape index (κ2) is 10.0. The smallest absolute Gasteiger partial charge is 0.296 e. The third-order valence-electron chi connectivity index (χ3n) is 6.12. The van der Waals surface area contributed by atoms with E-state index in [0.29, 0.717) is 11.1 Å². The molecule has 0 aliphatic carbocycles. The number of hydrogen-bond acceptors (Lipinski definition) is 6. The molecule has 0 saturated carbocycles. The first-order valence-electron chi connectivity index (χ1n) is 11.2. The Morgan fingerprint density at radius 2 is 1.89 bits per heavy atom. The van der Waals surface area contributed by atoms with Crippen molar-refractivity contribution in [2.75, 3.05) is 5.32 Å². The summed E-state index contributed by atoms with van der Waals surface area (Å²) < 4.78 is 30.4. The Hall–Kier alpha value is -4.85. The Morgan fingerprint density at radius 3 is 2.57 bits per heavy atom. The van der Waals surface area contributed by atoms with Crippen LogP contribution in [0.5, 0.6) is 5.75 Å². The van der Waals surface area contributed by atoms with Crippen LogP contribution in [0, 0.1) is 23.0 Å². The fourth-order valence-electron chi connectivity index (χ4n) is 4.31. The average molecular weight is 504 g/mol. The lowest BCUT2D eigenvalue weighted by atomic mass is 9.80. The number of nitriles is 1. The number of hydrogen-bond donors (Lipinski definition) is 2. The number of aromatic hydroxyl groups is 1. The van der Waals surface area contributed by atoms with E-state index in [1.165, 1.54) is 13.1 Å². The van der Waals surface area contributed by atoms with E-state index in [1.807, 2.05) is 0 Å². The molecule has 2 heterocycles. The van der Waals surface area contributed by atoms with Crippen LogP contribution in [0.15, 0.2) is 59.7 Å². The van der Waals surface area contributed by atoms with Crippen molar-refractivity contribution in [1.82, 2.24) is 19.3 Å². The van der Waals surface area contributed by atoms with Crippen molar-refractivity contribution in [3.05, 3.63) is 105 Å². The topological polar surface area (TPSA) is 126 Å². The van der Waals surface area contributed by atoms with E-state index in [0.717, 1.165) is 22.3 Å². The van der Waals surface area contributed by atoms with E-state index in [9.17, 15) is 28.7 Å². The van der Waals surface area contributed by atoms with Gasteiger partial charge in [-0.3, -0.25) is 18.8 Å². The summed E-state index contributed by atoms with van der Waals surface area (Å²) in [4.78, 5) is 30.1. The lowest BCUT2D eigenvalue weighted by Gasteiger charge is -2.26. The first kappa shape index (κ1) is 25.2. The van der Waals surface area contributed by atoms with Gasteiger partial charge in [0.2, 0.25) is 5.75 Å². The number of halogens is 2. The summed E-state index contributed by atoms with van der Waals surface area (Å²) >= 11 is 0. The molecule has 0 saturated heterocycles. The molecule has 0 radical (unpaired) electrons. The summed E-state index contributed by atoms with van der Waals surface area (Å²) in [6, 6.07) is 12.4. The summed E-state index contributed by atoms with van der Waals surface area (Å²) in [5.74, 6) is -5.50. The van der Waals surface area contributed by atoms with Crippen molar-refractivity contribution >= 4 is 11.6 Å². The fraction of sp³-hybridized carbons (Fsp3) is 0.192. The Balaban J connectivity index is 1.84. The van der Waals surface area contributed by atoms with Crippen molar-refractivity contribution in [3.63, 3.8) is 0 Å². The number of aromatic nitrogens is 4. The maximum absolute atomic E-state index is 14.1. The molecule has 0 aliphatic rings. The summed E-state index contributed by atoms with van der Waals surface area (Å²) in [5, 5.41) is 26.5. The molecule has 4 rings (SSSR count). The van der Waals surface area contributed by atoms with Crippen molar-refractivity contribution < 1.29 is 18.7 Å². The molecule has 11 heteroatoms. The molecule has 2 N–H and O–H groups in total. The fourth-order valence-corrected chi connectivity index (χ4v) is 4.31. The SMILES string of the molecule is CC(c1nc(C(=O)Nc2cccc(F)c2F)c(O)c(=O)n1C)C(c1cnn(C)c1)c1ccccc1C#N. The number of nitrogens with one attached hydrogen (secondary N) is 1. The van der Waals surface area contributed by atoms with Crippen molar-refractivity contribution in [3.8, 4) is 11.8 Å². The first-order chi connectivity index (χ1) is 17.6. The van der Waals surface area contributed by atoms with Gasteiger partial charge in [-0.1, -0.05) is 31.2 Å². The molecule has 9 nitrogen and oxygen atoms in total. The van der Waals surface area contributed by atoms with E-state index in [-0.39, 0.29) is 5.82 Å². The molecule has 2 unspecified atom stereocenters. The van der Waals surface area contributed by atoms with Crippen molar-refractivity contribution in [2.45, 2.75) is 18.8 Å². The first-order valence-corrected chi connectivity index (χ1v) is 11.2. The van der Waals surface area contributed by atoms with Crippen molar-refractivity contribution in [2.24, 2.45) is 14.1 Å². The highest BCUT2D eigenvalue weighted by molar-refractivity contribution is 6.04. The number of amides is 1. The van der Waals surface area contributed by atoms with Crippen molar-refractivity contribution in [1.29, 1.82) is 5.26 Å². The minimum Gasteiger partial charge on any atom is -0.501 e. The maximum Gasteiger partial charge on any atom is 0.296 e. The van der Waals surface area contributed by atoms with Gasteiger partial charge < -0.3 is 10.4 Å². The average Bonchev–Trinajstić information content (AvgIpc) is 3.31. The van der Waals surface area contributed by atoms with Crippen LogP contribution >= 0.6 is 0 Å². The van der Waals surface area contributed by atoms with Crippen LogP contribution in [0.4, 0.5) is 14.5 Å². The van der Waals surface area contributed by atoms with Gasteiger partial charge in [0.05, 0.1) is 23.5 Å². The zero-order chi connectivity index (χ0) is 26.9. The van der Waals surface area contributed by atoms with E-state index in [1.54, 1.807) is 55.3 Å². The molecule has 188 valence electrons. The summed E-state index contributed by atoms with van der Waals surface area (Å²) in [6.07, 6.45) is 3.41. The third kappa shape index (κ3) is 4.69. The Bertz CT molecular complexity index is 1600. The Morgan fingerprint density at radius 1 is 1.16 bits per heavy atom. The number of nitrogens with zero attached hydrogens (tertiary/aromatic N) is 5. The quantitative estimate of drug-likeness (QED) is 0.414. The minimum absolute atomic E-state index is 0.120. The van der Waals surface area contributed by atoms with Crippen LogP contribution < -0.4 is 10.9 Å². The number of carbonyl (C=O) groups excluding carboxylic acids is 1. The van der Waals surface area contributed by atoms with Gasteiger partial charge in [-0.05, 0) is 29.3 Å². The second-order valence-electron chi connectivity index (χ2n) is 8.50. The molecular formula is C26H22F2N6O3. The van der Waals surface area contributed by atoms with Crippen LogP contribution in [0.25, 0.3) is 0 Å². The van der Waals surface area contributed by atoms with E-state index in [2.05, 4.69) is 21.5 Å². The Kier molecular flexibility index (Phi) is 6.84. The number of rotatable bonds is 6. The zero-order valence-electron chi connectivity index (χ0n) is 20.1. The molecule has 2 aromatic heterocycles. The van der Waals surface area contributed by atoms with E-state index in [4.69, 9.17) is 0 Å². The maximum atomic E-state index is 14.1. The van der Waals surface area contributed by atoms with Gasteiger partial charge in [0.15, 0.2) is 17.3 Å². The summed E-state index contributed by atoms with van der Waals surface area (Å²) in [6.45, 7) is 1.76. The van der Waals surface area contributed by atoms with Gasteiger partial charge in [-0.15, -0.1) is 0 Å². The van der Waals surface area contributed by atoms with Gasteiger partial charge in [0.1, 0.15) is 5.82 Å². The molecule has 4 aromatic rings. The van der Waals surface area contributed by atoms with Gasteiger partial charge in [-0.2, -0.15) is 10.4 Å². The highest BCUT2D eigenvalue weighted by Crippen LogP contribution is 2.39. The van der Waals surface area contributed by atoms with Crippen LogP contribution in [0.3, 0.4) is 0 Å².